The molecule has 0 amide bonds. The second-order valence-corrected chi connectivity index (χ2v) is 16.2. The van der Waals surface area contributed by atoms with Crippen LogP contribution in [0.25, 0.3) is 21.8 Å². The lowest BCUT2D eigenvalue weighted by Gasteiger charge is -2.17. The molecule has 0 aliphatic carbocycles. The van der Waals surface area contributed by atoms with Gasteiger partial charge in [0.1, 0.15) is 46.9 Å². The first-order valence-corrected chi connectivity index (χ1v) is 20.8. The largest absolute Gasteiger partial charge is 0.464 e. The number of aliphatic hydroxyl groups excluding tert-OH is 1. The van der Waals surface area contributed by atoms with E-state index < -0.39 is 46.8 Å². The van der Waals surface area contributed by atoms with Gasteiger partial charge >= 0.3 is 11.9 Å². The van der Waals surface area contributed by atoms with Crippen LogP contribution in [-0.4, -0.2) is 101 Å². The number of rotatable bonds is 12. The summed E-state index contributed by atoms with van der Waals surface area (Å²) in [6.45, 7) is 9.27. The van der Waals surface area contributed by atoms with E-state index in [4.69, 9.17) is 45.1 Å². The molecular formula is C46H49ClF4N4O10. The van der Waals surface area contributed by atoms with Crippen LogP contribution in [0.5, 0.6) is 0 Å². The van der Waals surface area contributed by atoms with Crippen LogP contribution in [-0.2, 0) is 58.7 Å². The lowest BCUT2D eigenvalue weighted by atomic mass is 10.2. The fourth-order valence-electron chi connectivity index (χ4n) is 7.10. The first-order valence-electron chi connectivity index (χ1n) is 20.3. The van der Waals surface area contributed by atoms with Crippen molar-refractivity contribution in [3.63, 3.8) is 0 Å². The zero-order valence-electron chi connectivity index (χ0n) is 36.5. The fraction of sp³-hybridized carbons (Fsp3) is 0.391. The Bertz CT molecular complexity index is 2640. The molecule has 2 aliphatic rings. The maximum atomic E-state index is 14.2. The molecule has 2 saturated heterocycles. The lowest BCUT2D eigenvalue weighted by Crippen LogP contribution is -2.24. The Hall–Kier alpha value is -5.47. The number of nitrogens with zero attached hydrogens (tertiary/aromatic N) is 4. The lowest BCUT2D eigenvalue weighted by molar-refractivity contribution is -0.145. The van der Waals surface area contributed by atoms with Crippen molar-refractivity contribution in [1.82, 2.24) is 19.1 Å². The number of aromatic nitrogens is 4. The molecular weight excluding hydrogens is 880 g/mol. The van der Waals surface area contributed by atoms with E-state index in [2.05, 4.69) is 14.7 Å². The van der Waals surface area contributed by atoms with Crippen molar-refractivity contribution in [1.29, 1.82) is 0 Å². The number of fused-ring (bicyclic) bond motifs is 2. The Balaban J connectivity index is 0.000000186. The van der Waals surface area contributed by atoms with E-state index in [-0.39, 0.29) is 55.8 Å². The molecule has 4 aromatic heterocycles. The summed E-state index contributed by atoms with van der Waals surface area (Å²) >= 11 is 5.97. The molecule has 14 nitrogen and oxygen atoms in total. The summed E-state index contributed by atoms with van der Waals surface area (Å²) in [5, 5.41) is 10.1. The minimum atomic E-state index is -0.636. The molecule has 2 fully saturated rings. The third-order valence-electron chi connectivity index (χ3n) is 10.2. The summed E-state index contributed by atoms with van der Waals surface area (Å²) in [6.07, 6.45) is 6.32. The summed E-state index contributed by atoms with van der Waals surface area (Å²) in [7, 11) is 2.56. The highest BCUT2D eigenvalue weighted by molar-refractivity contribution is 6.18. The Labute approximate surface area is 376 Å². The third-order valence-corrected chi connectivity index (χ3v) is 10.5. The van der Waals surface area contributed by atoms with Crippen molar-refractivity contribution >= 4 is 45.3 Å². The van der Waals surface area contributed by atoms with Crippen LogP contribution < -0.4 is 0 Å². The summed E-state index contributed by atoms with van der Waals surface area (Å²) in [4.78, 5) is 31.8. The summed E-state index contributed by atoms with van der Waals surface area (Å²) in [5.74, 6) is -4.53. The number of hydrogen-bond donors (Lipinski definition) is 1. The van der Waals surface area contributed by atoms with Crippen molar-refractivity contribution in [2.45, 2.75) is 77.1 Å². The van der Waals surface area contributed by atoms with Crippen LogP contribution in [0.15, 0.2) is 73.3 Å². The van der Waals surface area contributed by atoms with Gasteiger partial charge in [0.05, 0.1) is 83.8 Å². The van der Waals surface area contributed by atoms with Crippen LogP contribution in [0.2, 0.25) is 0 Å². The Morgan fingerprint density at radius 1 is 0.723 bits per heavy atom. The number of alkyl halides is 1. The highest BCUT2D eigenvalue weighted by Crippen LogP contribution is 2.28. The summed E-state index contributed by atoms with van der Waals surface area (Å²) < 4.78 is 94.9. The van der Waals surface area contributed by atoms with Gasteiger partial charge in [-0.3, -0.25) is 0 Å². The van der Waals surface area contributed by atoms with Crippen molar-refractivity contribution in [2.75, 3.05) is 40.6 Å². The van der Waals surface area contributed by atoms with Gasteiger partial charge in [-0.05, 0) is 57.5 Å². The van der Waals surface area contributed by atoms with E-state index in [0.29, 0.717) is 42.0 Å². The van der Waals surface area contributed by atoms with Gasteiger partial charge in [-0.1, -0.05) is 12.1 Å². The molecule has 65 heavy (non-hydrogen) atoms. The van der Waals surface area contributed by atoms with Gasteiger partial charge in [-0.2, -0.15) is 0 Å². The van der Waals surface area contributed by atoms with Crippen LogP contribution in [0.3, 0.4) is 0 Å². The highest BCUT2D eigenvalue weighted by atomic mass is 35.5. The number of aliphatic hydroxyl groups is 1. The first kappa shape index (κ1) is 49.0. The fourth-order valence-corrected chi connectivity index (χ4v) is 7.32. The molecule has 0 saturated carbocycles. The number of esters is 2. The van der Waals surface area contributed by atoms with E-state index in [1.54, 1.807) is 27.5 Å². The molecule has 6 heterocycles. The quantitative estimate of drug-likeness (QED) is 0.0723. The standard InChI is InChI=1S/C23H24F2N2O5.C17H13ClF2N2O2.C6H12O3/c1-23(2)31-13-17(32-23)12-30-11-15-10-27(9-14-4-5-16(24)6-19(14)25)21-8-26-20(7-18(15)21)22(28)29-3;1-24-17(23)15-5-13-11(6-18)9-22(16(13)7-21-15)8-10-2-3-12(19)4-14(10)20;1-6(2)8-4-5(3-7)9-6/h4-8,10,17H,9,11-13H2,1-3H3;2-5,7,9H,6,8H2,1H3;5,7H,3-4H2,1-2H3/t;;5-/m..1/s1. The maximum absolute atomic E-state index is 14.2. The maximum Gasteiger partial charge on any atom is 0.356 e. The second-order valence-electron chi connectivity index (χ2n) is 15.9. The van der Waals surface area contributed by atoms with Gasteiger partial charge in [0.2, 0.25) is 0 Å². The summed E-state index contributed by atoms with van der Waals surface area (Å²) in [5.41, 5.74) is 3.93. The molecule has 348 valence electrons. The first-order chi connectivity index (χ1) is 30.9. The predicted octanol–water partition coefficient (Wildman–Crippen LogP) is 7.84. The van der Waals surface area contributed by atoms with Crippen molar-refractivity contribution in [2.24, 2.45) is 0 Å². The SMILES string of the molecule is CC1(C)OC[C@@H](CO)O1.COC(=O)c1cc2c(CCl)cn(Cc3ccc(F)cc3F)c2cn1.COC(=O)c1cc2c(COCC3COC(C)(C)O3)cn(Cc3ccc(F)cc3F)c2cn1. The molecule has 2 aliphatic heterocycles. The Kier molecular flexibility index (Phi) is 16.0. The average molecular weight is 929 g/mol. The molecule has 6 aromatic rings. The van der Waals surface area contributed by atoms with Gasteiger partial charge in [0.15, 0.2) is 11.6 Å². The third kappa shape index (κ3) is 12.5. The van der Waals surface area contributed by atoms with Crippen molar-refractivity contribution < 1.29 is 65.4 Å². The highest BCUT2D eigenvalue weighted by Gasteiger charge is 2.33. The van der Waals surface area contributed by atoms with Gasteiger partial charge in [0, 0.05) is 57.9 Å². The predicted molar refractivity (Wildman–Crippen MR) is 229 cm³/mol. The van der Waals surface area contributed by atoms with E-state index in [1.165, 1.54) is 50.9 Å². The number of methoxy groups -OCH3 is 2. The number of ether oxygens (including phenoxy) is 7. The number of halogens is 5. The molecule has 1 N–H and O–H groups in total. The van der Waals surface area contributed by atoms with E-state index >= 15 is 0 Å². The van der Waals surface area contributed by atoms with Crippen LogP contribution in [0.4, 0.5) is 17.6 Å². The molecule has 2 atom stereocenters. The second kappa shape index (κ2) is 21.2. The topological polar surface area (TPSA) is 155 Å². The molecule has 2 aromatic carbocycles. The van der Waals surface area contributed by atoms with Gasteiger partial charge < -0.3 is 47.4 Å². The van der Waals surface area contributed by atoms with Crippen LogP contribution >= 0.6 is 11.6 Å². The normalized spacial score (nSPS) is 17.4. The van der Waals surface area contributed by atoms with Crippen LogP contribution in [0.1, 0.15) is 70.9 Å². The van der Waals surface area contributed by atoms with E-state index in [0.717, 1.165) is 34.0 Å². The van der Waals surface area contributed by atoms with Gasteiger partial charge in [-0.25, -0.2) is 37.1 Å². The molecule has 0 radical (unpaired) electrons. The number of benzene rings is 2. The number of hydrogen-bond acceptors (Lipinski definition) is 12. The summed E-state index contributed by atoms with van der Waals surface area (Å²) in [6, 6.07) is 10.1. The van der Waals surface area contributed by atoms with Gasteiger partial charge in [0.25, 0.3) is 0 Å². The molecule has 1 unspecified atom stereocenters. The molecule has 0 spiro atoms. The van der Waals surface area contributed by atoms with Crippen molar-refractivity contribution in [3.8, 4) is 0 Å². The van der Waals surface area contributed by atoms with E-state index in [9.17, 15) is 27.2 Å². The number of carbonyl (C=O) groups excluding carboxylic acids is 2. The minimum Gasteiger partial charge on any atom is -0.464 e. The Morgan fingerprint density at radius 2 is 1.18 bits per heavy atom. The zero-order chi connectivity index (χ0) is 47.1. The number of carbonyl (C=O) groups is 2. The minimum absolute atomic E-state index is 0.0451. The Morgan fingerprint density at radius 3 is 1.58 bits per heavy atom. The molecule has 0 bridgehead atoms. The molecule has 19 heteroatoms. The monoisotopic (exact) mass is 928 g/mol. The smallest absolute Gasteiger partial charge is 0.356 e. The van der Waals surface area contributed by atoms with Crippen molar-refractivity contribution in [3.05, 3.63) is 130 Å². The van der Waals surface area contributed by atoms with Gasteiger partial charge in [-0.15, -0.1) is 11.6 Å². The van der Waals surface area contributed by atoms with E-state index in [1.807, 2.05) is 33.9 Å². The van der Waals surface area contributed by atoms with Crippen LogP contribution in [0, 0.1) is 23.3 Å². The average Bonchev–Trinajstić information content (AvgIpc) is 4.03. The number of pyridine rings is 2. The zero-order valence-corrected chi connectivity index (χ0v) is 37.3. The molecule has 8 rings (SSSR count).